The van der Waals surface area contributed by atoms with Gasteiger partial charge in [0, 0.05) is 93.5 Å². The summed E-state index contributed by atoms with van der Waals surface area (Å²) in [4.78, 5) is 73.8. The normalized spacial score (nSPS) is 18.4. The van der Waals surface area contributed by atoms with Crippen LogP contribution < -0.4 is 16.4 Å². The van der Waals surface area contributed by atoms with Gasteiger partial charge in [-0.3, -0.25) is 38.6 Å². The molecule has 3 aliphatic carbocycles. The van der Waals surface area contributed by atoms with E-state index in [0.29, 0.717) is 92.4 Å². The predicted molar refractivity (Wildman–Crippen MR) is 360 cm³/mol. The van der Waals surface area contributed by atoms with E-state index in [0.717, 1.165) is 111 Å². The molecular weight excluding hydrogens is 1230 g/mol. The van der Waals surface area contributed by atoms with Crippen LogP contribution in [0.5, 0.6) is 0 Å². The van der Waals surface area contributed by atoms with Crippen LogP contribution in [0.1, 0.15) is 143 Å². The first kappa shape index (κ1) is 65.8. The molecule has 3 saturated carbocycles. The van der Waals surface area contributed by atoms with Gasteiger partial charge in [-0.25, -0.2) is 33.3 Å². The van der Waals surface area contributed by atoms with Crippen molar-refractivity contribution >= 4 is 58.1 Å². The number of aliphatic hydroxyl groups excluding tert-OH is 2. The molecule has 498 valence electrons. The van der Waals surface area contributed by atoms with Crippen LogP contribution in [-0.4, -0.2) is 141 Å². The SMILES string of the molecule is Cc1ccc(-c2nn(C3CCC(C=O)CC3)cc2NC(=O)c2cnn3cccnc23)nc1.Cc1ccc(-c2nn(C3CCC(CO)CC3)cc2N)nc1.Cc1ccc(-c2nn(C3CCC(CO)CC3)cc2NC(=O)c2cnn3cccnc23)nc1.O=C(O)c1cnn2cccnc12. The van der Waals surface area contributed by atoms with Crippen molar-refractivity contribution in [2.24, 2.45) is 17.8 Å². The Labute approximate surface area is 556 Å². The van der Waals surface area contributed by atoms with Gasteiger partial charge < -0.3 is 36.5 Å². The molecule has 28 heteroatoms. The molecule has 12 aromatic rings. The van der Waals surface area contributed by atoms with Gasteiger partial charge in [-0.2, -0.15) is 30.6 Å². The zero-order chi connectivity index (χ0) is 67.5. The lowest BCUT2D eigenvalue weighted by Crippen LogP contribution is -2.20. The zero-order valence-corrected chi connectivity index (χ0v) is 53.9. The number of hydrogen-bond acceptors (Lipinski definition) is 19. The van der Waals surface area contributed by atoms with E-state index in [9.17, 15) is 29.4 Å². The van der Waals surface area contributed by atoms with E-state index in [-0.39, 0.29) is 42.0 Å². The van der Waals surface area contributed by atoms with Gasteiger partial charge in [-0.05, 0) is 163 Å². The highest BCUT2D eigenvalue weighted by Crippen LogP contribution is 2.38. The molecule has 0 atom stereocenters. The van der Waals surface area contributed by atoms with Crippen LogP contribution >= 0.6 is 0 Å². The summed E-state index contributed by atoms with van der Waals surface area (Å²) in [7, 11) is 0. The van der Waals surface area contributed by atoms with E-state index >= 15 is 0 Å². The molecule has 28 nitrogen and oxygen atoms in total. The lowest BCUT2D eigenvalue weighted by molar-refractivity contribution is -0.112. The van der Waals surface area contributed by atoms with E-state index in [1.54, 1.807) is 70.6 Å². The fraction of sp³-hybridized carbons (Fsp3) is 0.333. The van der Waals surface area contributed by atoms with Gasteiger partial charge >= 0.3 is 5.97 Å². The fourth-order valence-electron chi connectivity index (χ4n) is 12.4. The molecule has 12 aromatic heterocycles. The number of nitrogens with two attached hydrogens (primary N) is 1. The standard InChI is InChI=1S/C23H25N7O2.C23H23N7O2.C16H22N4O.C7H5N3O2/c2*1-15-3-8-19(25-11-15)21-20(13-30(28-21)17-6-4-16(14-31)5-7-17)27-23(32)18-12-26-29-10-2-9-24-22(18)29;1-11-2-7-15(18-8-11)16-14(17)9-20(19-16)13-5-3-12(10-21)4-6-13;11-7(12)5-4-9-10-3-1-2-8-6(5)10/h2-3,8-13,16-17,31H,4-7,14H2,1H3,(H,27,32);2-3,8-14,16-17H,4-7H2,1H3,(H,27,32);2,7-9,12-13,21H,3-6,10,17H2,1H3;1-4H,(H,11,12). The van der Waals surface area contributed by atoms with Crippen molar-refractivity contribution in [1.82, 2.24) is 88.1 Å². The molecule has 7 N–H and O–H groups in total. The third kappa shape index (κ3) is 15.3. The number of aliphatic hydroxyl groups is 2. The highest BCUT2D eigenvalue weighted by atomic mass is 16.4. The summed E-state index contributed by atoms with van der Waals surface area (Å²) >= 11 is 0. The predicted octanol–water partition coefficient (Wildman–Crippen LogP) is 9.74. The molecule has 2 amide bonds. The maximum Gasteiger partial charge on any atom is 0.341 e. The summed E-state index contributed by atoms with van der Waals surface area (Å²) in [5.74, 6) is -0.673. The number of nitrogens with zero attached hydrogens (tertiary/aromatic N) is 18. The van der Waals surface area contributed by atoms with Crippen LogP contribution in [0.15, 0.2) is 148 Å². The number of aryl methyl sites for hydroxylation is 3. The first-order valence-electron chi connectivity index (χ1n) is 32.4. The number of carbonyl (C=O) groups excluding carboxylic acids is 3. The largest absolute Gasteiger partial charge is 0.477 e. The Morgan fingerprint density at radius 3 is 1.22 bits per heavy atom. The summed E-state index contributed by atoms with van der Waals surface area (Å²) < 4.78 is 10.4. The number of anilines is 3. The summed E-state index contributed by atoms with van der Waals surface area (Å²) in [6, 6.07) is 17.7. The van der Waals surface area contributed by atoms with E-state index in [2.05, 4.69) is 60.9 Å². The van der Waals surface area contributed by atoms with Crippen LogP contribution in [0, 0.1) is 38.5 Å². The number of aromatic carboxylic acids is 1. The molecule has 0 radical (unpaired) electrons. The number of carboxylic acid groups (broad SMARTS) is 1. The van der Waals surface area contributed by atoms with E-state index in [1.807, 2.05) is 96.0 Å². The fourth-order valence-corrected chi connectivity index (χ4v) is 12.4. The number of aldehydes is 1. The molecule has 0 bridgehead atoms. The molecule has 0 spiro atoms. The molecule has 15 rings (SSSR count). The summed E-state index contributed by atoms with van der Waals surface area (Å²) in [6.07, 6.45) is 37.8. The van der Waals surface area contributed by atoms with Gasteiger partial charge in [0.2, 0.25) is 0 Å². The molecule has 12 heterocycles. The molecule has 0 aliphatic heterocycles. The molecular formula is C69H75N21O7. The molecule has 0 saturated heterocycles. The number of amides is 2. The Kier molecular flexibility index (Phi) is 20.3. The molecule has 0 aromatic carbocycles. The first-order valence-corrected chi connectivity index (χ1v) is 32.4. The number of rotatable bonds is 14. The Morgan fingerprint density at radius 1 is 0.485 bits per heavy atom. The van der Waals surface area contributed by atoms with Gasteiger partial charge in [0.1, 0.15) is 40.1 Å². The number of carbonyl (C=O) groups is 4. The van der Waals surface area contributed by atoms with E-state index < -0.39 is 5.97 Å². The second kappa shape index (κ2) is 30.0. The number of carboxylic acids is 1. The van der Waals surface area contributed by atoms with Crippen LogP contribution in [-0.2, 0) is 4.79 Å². The minimum absolute atomic E-state index is 0.121. The second-order valence-corrected chi connectivity index (χ2v) is 24.8. The van der Waals surface area contributed by atoms with Crippen molar-refractivity contribution < 1.29 is 34.5 Å². The monoisotopic (exact) mass is 1310 g/mol. The van der Waals surface area contributed by atoms with Crippen molar-refractivity contribution in [1.29, 1.82) is 0 Å². The van der Waals surface area contributed by atoms with Gasteiger partial charge in [-0.15, -0.1) is 0 Å². The highest BCUT2D eigenvalue weighted by molar-refractivity contribution is 6.10. The third-order valence-corrected chi connectivity index (χ3v) is 17.9. The highest BCUT2D eigenvalue weighted by Gasteiger charge is 2.29. The number of hydrogen-bond donors (Lipinski definition) is 6. The van der Waals surface area contributed by atoms with Gasteiger partial charge in [-0.1, -0.05) is 18.2 Å². The maximum absolute atomic E-state index is 13.1. The Morgan fingerprint density at radius 2 is 0.845 bits per heavy atom. The minimum atomic E-state index is -1.01. The van der Waals surface area contributed by atoms with Crippen LogP contribution in [0.4, 0.5) is 17.1 Å². The van der Waals surface area contributed by atoms with Crippen LogP contribution in [0.2, 0.25) is 0 Å². The van der Waals surface area contributed by atoms with Crippen LogP contribution in [0.25, 0.3) is 51.1 Å². The van der Waals surface area contributed by atoms with Crippen molar-refractivity contribution in [3.8, 4) is 34.2 Å². The van der Waals surface area contributed by atoms with Crippen molar-refractivity contribution in [3.05, 3.63) is 181 Å². The Hall–Kier alpha value is -11.3. The van der Waals surface area contributed by atoms with E-state index in [1.165, 1.54) is 29.3 Å². The number of pyridine rings is 3. The van der Waals surface area contributed by atoms with Crippen molar-refractivity contribution in [3.63, 3.8) is 0 Å². The average Bonchev–Trinajstić information content (AvgIpc) is 1.69. The smallest absolute Gasteiger partial charge is 0.341 e. The maximum atomic E-state index is 13.1. The van der Waals surface area contributed by atoms with Crippen LogP contribution in [0.3, 0.4) is 0 Å². The lowest BCUT2D eigenvalue weighted by atomic mass is 9.87. The van der Waals surface area contributed by atoms with E-state index in [4.69, 9.17) is 21.0 Å². The minimum Gasteiger partial charge on any atom is -0.477 e. The number of nitrogens with one attached hydrogen (secondary N) is 2. The number of aromatic nitrogens is 18. The van der Waals surface area contributed by atoms with Gasteiger partial charge in [0.25, 0.3) is 11.8 Å². The molecule has 97 heavy (non-hydrogen) atoms. The number of nitrogen functional groups attached to an aromatic ring is 1. The second-order valence-electron chi connectivity index (χ2n) is 24.8. The molecule has 3 fully saturated rings. The summed E-state index contributed by atoms with van der Waals surface area (Å²) in [5, 5.41) is 59.8. The number of fused-ring (bicyclic) bond motifs is 3. The first-order chi connectivity index (χ1) is 47.2. The average molecular weight is 1310 g/mol. The zero-order valence-electron chi connectivity index (χ0n) is 53.9. The third-order valence-electron chi connectivity index (χ3n) is 17.9. The molecule has 3 aliphatic rings. The van der Waals surface area contributed by atoms with Crippen molar-refractivity contribution in [2.45, 2.75) is 116 Å². The van der Waals surface area contributed by atoms with Crippen molar-refractivity contribution in [2.75, 3.05) is 29.6 Å². The molecule has 0 unspecified atom stereocenters. The van der Waals surface area contributed by atoms with Gasteiger partial charge in [0.05, 0.1) is 70.9 Å². The summed E-state index contributed by atoms with van der Waals surface area (Å²) in [6.45, 7) is 6.50. The summed E-state index contributed by atoms with van der Waals surface area (Å²) in [5.41, 5.74) is 17.6. The Balaban J connectivity index is 0.000000130. The quantitative estimate of drug-likeness (QED) is 0.0551. The van der Waals surface area contributed by atoms with Gasteiger partial charge in [0.15, 0.2) is 16.9 Å². The Bertz CT molecular complexity index is 4660. The lowest BCUT2D eigenvalue weighted by Gasteiger charge is -2.27. The topological polar surface area (TPSA) is 362 Å².